The van der Waals surface area contributed by atoms with Crippen LogP contribution >= 0.6 is 0 Å². The lowest BCUT2D eigenvalue weighted by Crippen LogP contribution is -2.49. The highest BCUT2D eigenvalue weighted by Gasteiger charge is 2.42. The second-order valence-electron chi connectivity index (χ2n) is 4.65. The molecule has 1 atom stereocenters. The molecule has 18 heavy (non-hydrogen) atoms. The van der Waals surface area contributed by atoms with Gasteiger partial charge < -0.3 is 15.2 Å². The van der Waals surface area contributed by atoms with Crippen LogP contribution in [0, 0.1) is 0 Å². The number of methoxy groups -OCH3 is 1. The number of rotatable bonds is 4. The largest absolute Gasteiger partial charge is 0.496 e. The quantitative estimate of drug-likeness (QED) is 0.876. The van der Waals surface area contributed by atoms with Crippen molar-refractivity contribution in [1.82, 2.24) is 4.90 Å². The van der Waals surface area contributed by atoms with Gasteiger partial charge in [0.05, 0.1) is 19.2 Å². The SMILES string of the molecule is COc1ccccc1CN1C(=O)OCC1(C)CN. The van der Waals surface area contributed by atoms with Crippen LogP contribution in [0.5, 0.6) is 5.75 Å². The molecule has 98 valence electrons. The molecule has 0 spiro atoms. The van der Waals surface area contributed by atoms with Crippen LogP contribution in [0.4, 0.5) is 4.79 Å². The summed E-state index contributed by atoms with van der Waals surface area (Å²) in [6.07, 6.45) is -0.325. The highest BCUT2D eigenvalue weighted by molar-refractivity contribution is 5.71. The van der Waals surface area contributed by atoms with Crippen LogP contribution < -0.4 is 10.5 Å². The van der Waals surface area contributed by atoms with E-state index in [9.17, 15) is 4.79 Å². The van der Waals surface area contributed by atoms with E-state index in [1.165, 1.54) is 0 Å². The molecule has 0 aliphatic carbocycles. The average molecular weight is 250 g/mol. The maximum absolute atomic E-state index is 11.8. The number of hydrogen-bond acceptors (Lipinski definition) is 4. The first-order chi connectivity index (χ1) is 8.60. The first-order valence-corrected chi connectivity index (χ1v) is 5.87. The van der Waals surface area contributed by atoms with Crippen molar-refractivity contribution < 1.29 is 14.3 Å². The Morgan fingerprint density at radius 1 is 1.50 bits per heavy atom. The van der Waals surface area contributed by atoms with Crippen molar-refractivity contribution in [3.63, 3.8) is 0 Å². The molecule has 1 fully saturated rings. The minimum atomic E-state index is -0.446. The van der Waals surface area contributed by atoms with E-state index < -0.39 is 5.54 Å². The molecule has 1 heterocycles. The number of nitrogens with zero attached hydrogens (tertiary/aromatic N) is 1. The lowest BCUT2D eigenvalue weighted by atomic mass is 10.0. The van der Waals surface area contributed by atoms with Crippen LogP contribution in [0.25, 0.3) is 0 Å². The smallest absolute Gasteiger partial charge is 0.410 e. The van der Waals surface area contributed by atoms with E-state index in [1.54, 1.807) is 12.0 Å². The lowest BCUT2D eigenvalue weighted by molar-refractivity contribution is 0.150. The van der Waals surface area contributed by atoms with Crippen LogP contribution in [-0.2, 0) is 11.3 Å². The molecule has 2 rings (SSSR count). The van der Waals surface area contributed by atoms with Gasteiger partial charge in [0.2, 0.25) is 0 Å². The van der Waals surface area contributed by atoms with E-state index in [0.717, 1.165) is 11.3 Å². The maximum atomic E-state index is 11.8. The topological polar surface area (TPSA) is 64.8 Å². The number of nitrogens with two attached hydrogens (primary N) is 1. The van der Waals surface area contributed by atoms with Gasteiger partial charge in [0.1, 0.15) is 12.4 Å². The van der Waals surface area contributed by atoms with E-state index in [-0.39, 0.29) is 6.09 Å². The van der Waals surface area contributed by atoms with Gasteiger partial charge in [-0.1, -0.05) is 18.2 Å². The number of hydrogen-bond donors (Lipinski definition) is 1. The van der Waals surface area contributed by atoms with Crippen molar-refractivity contribution in [1.29, 1.82) is 0 Å². The fraction of sp³-hybridized carbons (Fsp3) is 0.462. The Bertz CT molecular complexity index is 450. The highest BCUT2D eigenvalue weighted by atomic mass is 16.6. The summed E-state index contributed by atoms with van der Waals surface area (Å²) in [4.78, 5) is 13.4. The number of benzene rings is 1. The second-order valence-corrected chi connectivity index (χ2v) is 4.65. The zero-order valence-corrected chi connectivity index (χ0v) is 10.7. The number of ether oxygens (including phenoxy) is 2. The number of amides is 1. The lowest BCUT2D eigenvalue weighted by Gasteiger charge is -2.30. The molecule has 0 bridgehead atoms. The first kappa shape index (κ1) is 12.7. The summed E-state index contributed by atoms with van der Waals surface area (Å²) in [5.41, 5.74) is 6.24. The molecule has 0 radical (unpaired) electrons. The molecular weight excluding hydrogens is 232 g/mol. The standard InChI is InChI=1S/C13H18N2O3/c1-13(8-14)9-18-12(16)15(13)7-10-5-3-4-6-11(10)17-2/h3-6H,7-9,14H2,1-2H3. The molecule has 2 N–H and O–H groups in total. The summed E-state index contributed by atoms with van der Waals surface area (Å²) in [6.45, 7) is 3.06. The van der Waals surface area contributed by atoms with E-state index in [2.05, 4.69) is 0 Å². The number of cyclic esters (lactones) is 1. The van der Waals surface area contributed by atoms with Gasteiger partial charge in [-0.15, -0.1) is 0 Å². The predicted molar refractivity (Wildman–Crippen MR) is 67.3 cm³/mol. The van der Waals surface area contributed by atoms with Crippen molar-refractivity contribution in [2.45, 2.75) is 19.0 Å². The molecule has 1 amide bonds. The van der Waals surface area contributed by atoms with E-state index in [4.69, 9.17) is 15.2 Å². The van der Waals surface area contributed by atoms with E-state index in [1.807, 2.05) is 31.2 Å². The molecule has 1 aliphatic heterocycles. The third-order valence-electron chi connectivity index (χ3n) is 3.34. The normalized spacial score (nSPS) is 23.1. The minimum absolute atomic E-state index is 0.325. The van der Waals surface area contributed by atoms with Gasteiger partial charge in [0.15, 0.2) is 0 Å². The Morgan fingerprint density at radius 2 is 2.22 bits per heavy atom. The van der Waals surface area contributed by atoms with Crippen molar-refractivity contribution in [3.05, 3.63) is 29.8 Å². The highest BCUT2D eigenvalue weighted by Crippen LogP contribution is 2.28. The van der Waals surface area contributed by atoms with Gasteiger partial charge in [0.25, 0.3) is 0 Å². The average Bonchev–Trinajstić information content (AvgIpc) is 2.68. The van der Waals surface area contributed by atoms with Gasteiger partial charge in [0, 0.05) is 12.1 Å². The number of carbonyl (C=O) groups is 1. The summed E-state index contributed by atoms with van der Waals surface area (Å²) >= 11 is 0. The van der Waals surface area contributed by atoms with Gasteiger partial charge >= 0.3 is 6.09 Å². The molecule has 1 aromatic carbocycles. The molecule has 5 heteroatoms. The Balaban J connectivity index is 2.24. The number of carbonyl (C=O) groups excluding carboxylic acids is 1. The van der Waals surface area contributed by atoms with Crippen LogP contribution in [0.2, 0.25) is 0 Å². The van der Waals surface area contributed by atoms with E-state index in [0.29, 0.717) is 19.7 Å². The van der Waals surface area contributed by atoms with Gasteiger partial charge in [-0.05, 0) is 13.0 Å². The van der Waals surface area contributed by atoms with Crippen LogP contribution in [-0.4, -0.2) is 36.8 Å². The van der Waals surface area contributed by atoms with Crippen LogP contribution in [0.15, 0.2) is 24.3 Å². The van der Waals surface area contributed by atoms with Crippen LogP contribution in [0.3, 0.4) is 0 Å². The fourth-order valence-electron chi connectivity index (χ4n) is 2.02. The zero-order chi connectivity index (χ0) is 13.2. The summed E-state index contributed by atoms with van der Waals surface area (Å²) in [6, 6.07) is 7.61. The Kier molecular flexibility index (Phi) is 3.43. The molecule has 0 saturated carbocycles. The van der Waals surface area contributed by atoms with E-state index >= 15 is 0 Å². The van der Waals surface area contributed by atoms with Gasteiger partial charge in [-0.2, -0.15) is 0 Å². The Labute approximate surface area is 106 Å². The monoisotopic (exact) mass is 250 g/mol. The predicted octanol–water partition coefficient (Wildman–Crippen LogP) is 1.36. The first-order valence-electron chi connectivity index (χ1n) is 5.87. The maximum Gasteiger partial charge on any atom is 0.410 e. The Morgan fingerprint density at radius 3 is 2.89 bits per heavy atom. The molecule has 1 unspecified atom stereocenters. The zero-order valence-electron chi connectivity index (χ0n) is 10.7. The summed E-state index contributed by atoms with van der Waals surface area (Å²) < 4.78 is 10.4. The van der Waals surface area contributed by atoms with Crippen molar-refractivity contribution in [2.24, 2.45) is 5.73 Å². The second kappa shape index (κ2) is 4.86. The van der Waals surface area contributed by atoms with Crippen molar-refractivity contribution in [3.8, 4) is 5.75 Å². The minimum Gasteiger partial charge on any atom is -0.496 e. The number of para-hydroxylation sites is 1. The fourth-order valence-corrected chi connectivity index (χ4v) is 2.02. The van der Waals surface area contributed by atoms with Gasteiger partial charge in [-0.25, -0.2) is 4.79 Å². The molecule has 1 aromatic rings. The Hall–Kier alpha value is -1.75. The van der Waals surface area contributed by atoms with Crippen molar-refractivity contribution >= 4 is 6.09 Å². The summed E-state index contributed by atoms with van der Waals surface area (Å²) in [5, 5.41) is 0. The molecule has 1 aliphatic rings. The molecule has 1 saturated heterocycles. The van der Waals surface area contributed by atoms with Crippen molar-refractivity contribution in [2.75, 3.05) is 20.3 Å². The third-order valence-corrected chi connectivity index (χ3v) is 3.34. The van der Waals surface area contributed by atoms with Gasteiger partial charge in [-0.3, -0.25) is 4.90 Å². The van der Waals surface area contributed by atoms with Crippen LogP contribution in [0.1, 0.15) is 12.5 Å². The summed E-state index contributed by atoms with van der Waals surface area (Å²) in [7, 11) is 1.61. The molecule has 5 nitrogen and oxygen atoms in total. The molecular formula is C13H18N2O3. The summed E-state index contributed by atoms with van der Waals surface area (Å²) in [5.74, 6) is 0.761. The molecule has 0 aromatic heterocycles. The third kappa shape index (κ3) is 2.13.